The number of ether oxygens (including phenoxy) is 2. The van der Waals surface area contributed by atoms with Crippen molar-refractivity contribution in [2.45, 2.75) is 57.5 Å². The summed E-state index contributed by atoms with van der Waals surface area (Å²) in [5.74, 6) is -0.293. The van der Waals surface area contributed by atoms with Gasteiger partial charge in [0.1, 0.15) is 12.2 Å². The van der Waals surface area contributed by atoms with Gasteiger partial charge < -0.3 is 13.9 Å². The number of rotatable bonds is 5. The van der Waals surface area contributed by atoms with E-state index in [4.69, 9.17) is 13.9 Å². The highest BCUT2D eigenvalue weighted by atomic mass is 28.4. The lowest BCUT2D eigenvalue weighted by atomic mass is 10.2. The topological polar surface area (TPSA) is 44.8 Å². The molecule has 0 bridgehead atoms. The zero-order chi connectivity index (χ0) is 17.1. The number of carbonyl (C=O) groups excluding carboxylic acids is 1. The van der Waals surface area contributed by atoms with Crippen molar-refractivity contribution < 1.29 is 18.7 Å². The average Bonchev–Trinajstić information content (AvgIpc) is 2.92. The molecule has 0 saturated carbocycles. The fourth-order valence-electron chi connectivity index (χ4n) is 2.21. The molecule has 2 rings (SSSR count). The van der Waals surface area contributed by atoms with Crippen LogP contribution in [-0.4, -0.2) is 39.7 Å². The van der Waals surface area contributed by atoms with Crippen LogP contribution in [0.1, 0.15) is 37.6 Å². The summed E-state index contributed by atoms with van der Waals surface area (Å²) in [6.07, 6.45) is 0.327. The third-order valence-corrected chi connectivity index (χ3v) is 9.33. The molecule has 1 heterocycles. The van der Waals surface area contributed by atoms with Crippen LogP contribution in [-0.2, 0) is 13.9 Å². The van der Waals surface area contributed by atoms with E-state index in [1.54, 1.807) is 12.1 Å². The number of hydrogen-bond donors (Lipinski definition) is 0. The van der Waals surface area contributed by atoms with Crippen LogP contribution >= 0.6 is 0 Å². The van der Waals surface area contributed by atoms with Gasteiger partial charge in [0.15, 0.2) is 8.32 Å². The van der Waals surface area contributed by atoms with Crippen molar-refractivity contribution >= 4 is 14.3 Å². The molecule has 0 aromatic heterocycles. The van der Waals surface area contributed by atoms with Crippen molar-refractivity contribution in [3.8, 4) is 0 Å². The highest BCUT2D eigenvalue weighted by Crippen LogP contribution is 2.37. The van der Waals surface area contributed by atoms with E-state index in [-0.39, 0.29) is 23.2 Å². The molecule has 0 spiro atoms. The van der Waals surface area contributed by atoms with E-state index < -0.39 is 8.32 Å². The van der Waals surface area contributed by atoms with Gasteiger partial charge in [0, 0.05) is 6.42 Å². The van der Waals surface area contributed by atoms with E-state index in [1.807, 2.05) is 18.2 Å². The Kier molecular flexibility index (Phi) is 5.65. The molecule has 1 fully saturated rings. The van der Waals surface area contributed by atoms with Crippen molar-refractivity contribution in [3.63, 3.8) is 0 Å². The third kappa shape index (κ3) is 4.65. The molecule has 4 nitrogen and oxygen atoms in total. The van der Waals surface area contributed by atoms with Crippen LogP contribution in [0.25, 0.3) is 0 Å². The van der Waals surface area contributed by atoms with Crippen LogP contribution in [0.4, 0.5) is 0 Å². The Morgan fingerprint density at radius 2 is 1.91 bits per heavy atom. The molecule has 2 atom stereocenters. The van der Waals surface area contributed by atoms with Crippen LogP contribution in [0.15, 0.2) is 30.3 Å². The second kappa shape index (κ2) is 7.15. The Balaban J connectivity index is 1.92. The molecule has 1 saturated heterocycles. The zero-order valence-corrected chi connectivity index (χ0v) is 15.8. The van der Waals surface area contributed by atoms with E-state index in [0.29, 0.717) is 18.8 Å². The predicted octanol–water partition coefficient (Wildman–Crippen LogP) is 4.02. The molecule has 0 N–H and O–H groups in total. The Hall–Kier alpha value is -1.17. The first kappa shape index (κ1) is 18.2. The SMILES string of the molecule is CC(C)(C)[Si](C)(C)OCC1OCCC1OC(=O)c1ccccc1. The molecule has 1 aliphatic heterocycles. The first-order chi connectivity index (χ1) is 10.7. The number of carbonyl (C=O) groups is 1. The molecule has 1 aromatic rings. The number of hydrogen-bond acceptors (Lipinski definition) is 4. The molecule has 1 aliphatic rings. The summed E-state index contributed by atoms with van der Waals surface area (Å²) in [6.45, 7) is 12.2. The summed E-state index contributed by atoms with van der Waals surface area (Å²) in [5, 5.41) is 0.155. The Morgan fingerprint density at radius 3 is 2.52 bits per heavy atom. The third-order valence-electron chi connectivity index (χ3n) is 4.83. The van der Waals surface area contributed by atoms with Gasteiger partial charge in [-0.1, -0.05) is 39.0 Å². The highest BCUT2D eigenvalue weighted by Gasteiger charge is 2.40. The summed E-state index contributed by atoms with van der Waals surface area (Å²) in [5.41, 5.74) is 0.573. The van der Waals surface area contributed by atoms with Crippen LogP contribution in [0.3, 0.4) is 0 Å². The van der Waals surface area contributed by atoms with Crippen LogP contribution in [0.5, 0.6) is 0 Å². The maximum atomic E-state index is 12.2. The first-order valence-corrected chi connectivity index (χ1v) is 11.1. The van der Waals surface area contributed by atoms with E-state index in [1.165, 1.54) is 0 Å². The average molecular weight is 337 g/mol. The molecular weight excluding hydrogens is 308 g/mol. The van der Waals surface area contributed by atoms with E-state index in [0.717, 1.165) is 6.42 Å². The van der Waals surface area contributed by atoms with Gasteiger partial charge >= 0.3 is 5.97 Å². The zero-order valence-electron chi connectivity index (χ0n) is 14.8. The van der Waals surface area contributed by atoms with Crippen molar-refractivity contribution in [1.82, 2.24) is 0 Å². The summed E-state index contributed by atoms with van der Waals surface area (Å²) < 4.78 is 17.6. The lowest BCUT2D eigenvalue weighted by Crippen LogP contribution is -2.44. The van der Waals surface area contributed by atoms with E-state index in [9.17, 15) is 4.79 Å². The summed E-state index contributed by atoms with van der Waals surface area (Å²) >= 11 is 0. The van der Waals surface area contributed by atoms with E-state index >= 15 is 0 Å². The molecule has 5 heteroatoms. The van der Waals surface area contributed by atoms with Crippen molar-refractivity contribution in [2.24, 2.45) is 0 Å². The minimum Gasteiger partial charge on any atom is -0.456 e. The van der Waals surface area contributed by atoms with Crippen LogP contribution < -0.4 is 0 Å². The molecule has 1 aromatic carbocycles. The lowest BCUT2D eigenvalue weighted by molar-refractivity contribution is -0.0167. The van der Waals surface area contributed by atoms with Crippen LogP contribution in [0, 0.1) is 0 Å². The second-order valence-electron chi connectivity index (χ2n) is 7.58. The van der Waals surface area contributed by atoms with Crippen molar-refractivity contribution in [2.75, 3.05) is 13.2 Å². The summed E-state index contributed by atoms with van der Waals surface area (Å²) in [7, 11) is -1.83. The van der Waals surface area contributed by atoms with Gasteiger partial charge in [0.05, 0.1) is 18.8 Å². The van der Waals surface area contributed by atoms with Crippen molar-refractivity contribution in [1.29, 1.82) is 0 Å². The summed E-state index contributed by atoms with van der Waals surface area (Å²) in [6, 6.07) is 9.07. The van der Waals surface area contributed by atoms with Crippen molar-refractivity contribution in [3.05, 3.63) is 35.9 Å². The quantitative estimate of drug-likeness (QED) is 0.602. The molecular formula is C18H28O4Si. The second-order valence-corrected chi connectivity index (χ2v) is 12.4. The minimum atomic E-state index is -1.83. The smallest absolute Gasteiger partial charge is 0.338 e. The van der Waals surface area contributed by atoms with Gasteiger partial charge in [0.25, 0.3) is 0 Å². The van der Waals surface area contributed by atoms with Gasteiger partial charge in [-0.25, -0.2) is 4.79 Å². The Bertz CT molecular complexity index is 522. The predicted molar refractivity (Wildman–Crippen MR) is 93.2 cm³/mol. The molecule has 23 heavy (non-hydrogen) atoms. The number of benzene rings is 1. The summed E-state index contributed by atoms with van der Waals surface area (Å²) in [4.78, 5) is 12.2. The standard InChI is InChI=1S/C18H28O4Si/c1-18(2,3)23(4,5)21-13-16-15(11-12-20-16)22-17(19)14-9-7-6-8-10-14/h6-10,15-16H,11-13H2,1-5H3. The molecule has 2 unspecified atom stereocenters. The fourth-order valence-corrected chi connectivity index (χ4v) is 3.22. The normalized spacial score (nSPS) is 22.1. The Morgan fingerprint density at radius 1 is 1.26 bits per heavy atom. The fraction of sp³-hybridized carbons (Fsp3) is 0.611. The monoisotopic (exact) mass is 336 g/mol. The van der Waals surface area contributed by atoms with Gasteiger partial charge in [0.2, 0.25) is 0 Å². The van der Waals surface area contributed by atoms with Gasteiger partial charge in [-0.2, -0.15) is 0 Å². The van der Waals surface area contributed by atoms with Gasteiger partial charge in [-0.3, -0.25) is 0 Å². The first-order valence-electron chi connectivity index (χ1n) is 8.22. The van der Waals surface area contributed by atoms with Gasteiger partial charge in [-0.05, 0) is 30.3 Å². The maximum absolute atomic E-state index is 12.2. The molecule has 128 valence electrons. The largest absolute Gasteiger partial charge is 0.456 e. The molecule has 0 radical (unpaired) electrons. The number of esters is 1. The van der Waals surface area contributed by atoms with Gasteiger partial charge in [-0.15, -0.1) is 0 Å². The lowest BCUT2D eigenvalue weighted by Gasteiger charge is -2.37. The molecule has 0 aliphatic carbocycles. The van der Waals surface area contributed by atoms with Crippen LogP contribution in [0.2, 0.25) is 18.1 Å². The maximum Gasteiger partial charge on any atom is 0.338 e. The Labute approximate surface area is 140 Å². The van der Waals surface area contributed by atoms with E-state index in [2.05, 4.69) is 33.9 Å². The minimum absolute atomic E-state index is 0.155. The highest BCUT2D eigenvalue weighted by molar-refractivity contribution is 6.74. The molecule has 0 amide bonds.